The molecule has 1 atom stereocenters. The maximum atomic E-state index is 12.4. The Morgan fingerprint density at radius 1 is 1.48 bits per heavy atom. The summed E-state index contributed by atoms with van der Waals surface area (Å²) in [5.41, 5.74) is -0.259. The summed E-state index contributed by atoms with van der Waals surface area (Å²) < 4.78 is 23.2. The summed E-state index contributed by atoms with van der Waals surface area (Å²) in [5, 5.41) is 5.95. The van der Waals surface area contributed by atoms with E-state index in [-0.39, 0.29) is 17.4 Å². The van der Waals surface area contributed by atoms with Crippen LogP contribution in [0.2, 0.25) is 0 Å². The third-order valence-corrected chi connectivity index (χ3v) is 5.42. The Morgan fingerprint density at radius 3 is 2.86 bits per heavy atom. The molecule has 7 heteroatoms. The van der Waals surface area contributed by atoms with Gasteiger partial charge >= 0.3 is 0 Å². The lowest BCUT2D eigenvalue weighted by molar-refractivity contribution is 0.0916. The average Bonchev–Trinajstić information content (AvgIpc) is 2.70. The van der Waals surface area contributed by atoms with Crippen LogP contribution in [0, 0.1) is 0 Å². The van der Waals surface area contributed by atoms with Crippen molar-refractivity contribution in [1.29, 1.82) is 0 Å². The van der Waals surface area contributed by atoms with Crippen molar-refractivity contribution in [3.63, 3.8) is 0 Å². The summed E-state index contributed by atoms with van der Waals surface area (Å²) in [4.78, 5) is 16.6. The largest absolute Gasteiger partial charge is 0.369 e. The molecule has 0 spiro atoms. The zero-order chi connectivity index (χ0) is 15.5. The summed E-state index contributed by atoms with van der Waals surface area (Å²) in [7, 11) is -3.05. The van der Waals surface area contributed by atoms with Crippen LogP contribution in [0.15, 0.2) is 18.3 Å². The highest BCUT2D eigenvalue weighted by molar-refractivity contribution is 7.91. The normalized spacial score (nSPS) is 23.7. The number of aromatic nitrogens is 1. The highest BCUT2D eigenvalue weighted by Gasteiger charge is 2.39. The number of amides is 1. The molecule has 1 unspecified atom stereocenters. The average molecular weight is 311 g/mol. The summed E-state index contributed by atoms with van der Waals surface area (Å²) in [6, 6.07) is 3.38. The van der Waals surface area contributed by atoms with Crippen LogP contribution in [0.4, 0.5) is 5.82 Å². The van der Waals surface area contributed by atoms with E-state index in [0.29, 0.717) is 17.8 Å². The molecule has 1 aromatic rings. The molecule has 116 valence electrons. The number of hydrogen-bond acceptors (Lipinski definition) is 5. The van der Waals surface area contributed by atoms with Gasteiger partial charge in [0, 0.05) is 12.7 Å². The fraction of sp³-hybridized carbons (Fsp3) is 0.571. The molecule has 0 aliphatic carbocycles. The molecule has 0 radical (unpaired) electrons. The second kappa shape index (κ2) is 6.01. The van der Waals surface area contributed by atoms with Gasteiger partial charge in [0.1, 0.15) is 5.82 Å². The van der Waals surface area contributed by atoms with Gasteiger partial charge in [-0.15, -0.1) is 0 Å². The first-order valence-corrected chi connectivity index (χ1v) is 8.89. The standard InChI is InChI=1S/C14H21N3O3S/c1-3-7-15-12-11(5-4-8-16-12)13(18)17-14(2)6-9-21(19,20)10-14/h4-5,8H,3,6-7,9-10H2,1-2H3,(H,15,16)(H,17,18). The Morgan fingerprint density at radius 2 is 2.24 bits per heavy atom. The zero-order valence-corrected chi connectivity index (χ0v) is 13.2. The number of sulfone groups is 1. The predicted octanol–water partition coefficient (Wildman–Crippen LogP) is 1.21. The Kier molecular flexibility index (Phi) is 4.51. The van der Waals surface area contributed by atoms with Gasteiger partial charge in [-0.3, -0.25) is 4.79 Å². The number of carbonyl (C=O) groups excluding carboxylic acids is 1. The van der Waals surface area contributed by atoms with Gasteiger partial charge in [0.15, 0.2) is 9.84 Å². The fourth-order valence-corrected chi connectivity index (χ4v) is 4.52. The van der Waals surface area contributed by atoms with Crippen molar-refractivity contribution in [1.82, 2.24) is 10.3 Å². The van der Waals surface area contributed by atoms with Crippen LogP contribution in [0.25, 0.3) is 0 Å². The van der Waals surface area contributed by atoms with Gasteiger partial charge in [-0.25, -0.2) is 13.4 Å². The van der Waals surface area contributed by atoms with E-state index < -0.39 is 15.4 Å². The monoisotopic (exact) mass is 311 g/mol. The first-order chi connectivity index (χ1) is 9.85. The molecule has 6 nitrogen and oxygen atoms in total. The number of anilines is 1. The van der Waals surface area contributed by atoms with E-state index in [2.05, 4.69) is 15.6 Å². The molecule has 1 aliphatic heterocycles. The second-order valence-corrected chi connectivity index (χ2v) is 7.87. The molecule has 0 saturated carbocycles. The number of rotatable bonds is 5. The number of nitrogens with zero attached hydrogens (tertiary/aromatic N) is 1. The van der Waals surface area contributed by atoms with Crippen LogP contribution in [0.3, 0.4) is 0 Å². The SMILES string of the molecule is CCCNc1ncccc1C(=O)NC1(C)CCS(=O)(=O)C1. The van der Waals surface area contributed by atoms with Crippen molar-refractivity contribution >= 4 is 21.6 Å². The van der Waals surface area contributed by atoms with Crippen molar-refractivity contribution in [2.24, 2.45) is 0 Å². The van der Waals surface area contributed by atoms with E-state index in [1.165, 1.54) is 0 Å². The van der Waals surface area contributed by atoms with Crippen LogP contribution in [0.5, 0.6) is 0 Å². The first-order valence-electron chi connectivity index (χ1n) is 7.07. The van der Waals surface area contributed by atoms with E-state index in [9.17, 15) is 13.2 Å². The van der Waals surface area contributed by atoms with Crippen LogP contribution < -0.4 is 10.6 Å². The van der Waals surface area contributed by atoms with E-state index in [1.54, 1.807) is 25.3 Å². The van der Waals surface area contributed by atoms with Gasteiger partial charge < -0.3 is 10.6 Å². The van der Waals surface area contributed by atoms with E-state index >= 15 is 0 Å². The third kappa shape index (κ3) is 3.93. The lowest BCUT2D eigenvalue weighted by Crippen LogP contribution is -2.47. The van der Waals surface area contributed by atoms with Gasteiger partial charge in [-0.2, -0.15) is 0 Å². The summed E-state index contributed by atoms with van der Waals surface area (Å²) in [5.74, 6) is 0.351. The molecule has 1 aliphatic rings. The summed E-state index contributed by atoms with van der Waals surface area (Å²) >= 11 is 0. The number of hydrogen-bond donors (Lipinski definition) is 2. The van der Waals surface area contributed by atoms with Gasteiger partial charge in [0.05, 0.1) is 22.6 Å². The first kappa shape index (κ1) is 15.8. The lowest BCUT2D eigenvalue weighted by atomic mass is 10.0. The Labute approximate surface area is 125 Å². The quantitative estimate of drug-likeness (QED) is 0.853. The van der Waals surface area contributed by atoms with E-state index in [1.807, 2.05) is 6.92 Å². The van der Waals surface area contributed by atoms with Crippen molar-refractivity contribution in [2.45, 2.75) is 32.2 Å². The van der Waals surface area contributed by atoms with Crippen LogP contribution in [0.1, 0.15) is 37.0 Å². The molecule has 1 saturated heterocycles. The molecule has 2 rings (SSSR count). The van der Waals surface area contributed by atoms with Crippen molar-refractivity contribution in [3.05, 3.63) is 23.9 Å². The molecule has 21 heavy (non-hydrogen) atoms. The second-order valence-electron chi connectivity index (χ2n) is 5.68. The van der Waals surface area contributed by atoms with Crippen LogP contribution in [-0.2, 0) is 9.84 Å². The summed E-state index contributed by atoms with van der Waals surface area (Å²) in [6.07, 6.45) is 2.99. The Balaban J connectivity index is 2.14. The maximum absolute atomic E-state index is 12.4. The van der Waals surface area contributed by atoms with Crippen molar-refractivity contribution in [3.8, 4) is 0 Å². The molecular formula is C14H21N3O3S. The zero-order valence-electron chi connectivity index (χ0n) is 12.3. The van der Waals surface area contributed by atoms with Crippen LogP contribution >= 0.6 is 0 Å². The molecule has 2 N–H and O–H groups in total. The minimum Gasteiger partial charge on any atom is -0.369 e. The molecule has 0 aromatic carbocycles. The molecule has 1 aromatic heterocycles. The highest BCUT2D eigenvalue weighted by Crippen LogP contribution is 2.24. The van der Waals surface area contributed by atoms with Gasteiger partial charge in [-0.05, 0) is 31.9 Å². The molecule has 1 fully saturated rings. The minimum atomic E-state index is -3.05. The van der Waals surface area contributed by atoms with Gasteiger partial charge in [-0.1, -0.05) is 6.92 Å². The summed E-state index contributed by atoms with van der Waals surface area (Å²) in [6.45, 7) is 4.52. The predicted molar refractivity (Wildman–Crippen MR) is 82.2 cm³/mol. The molecule has 0 bridgehead atoms. The Bertz CT molecular complexity index is 630. The number of pyridine rings is 1. The van der Waals surface area contributed by atoms with E-state index in [0.717, 1.165) is 13.0 Å². The number of carbonyl (C=O) groups is 1. The van der Waals surface area contributed by atoms with Crippen LogP contribution in [-0.4, -0.2) is 42.9 Å². The minimum absolute atomic E-state index is 0.0102. The van der Waals surface area contributed by atoms with E-state index in [4.69, 9.17) is 0 Å². The third-order valence-electron chi connectivity index (χ3n) is 3.51. The van der Waals surface area contributed by atoms with Crippen molar-refractivity contribution in [2.75, 3.05) is 23.4 Å². The molecule has 2 heterocycles. The van der Waals surface area contributed by atoms with Gasteiger partial charge in [0.2, 0.25) is 0 Å². The topological polar surface area (TPSA) is 88.2 Å². The Hall–Kier alpha value is -1.63. The highest BCUT2D eigenvalue weighted by atomic mass is 32.2. The van der Waals surface area contributed by atoms with Gasteiger partial charge in [0.25, 0.3) is 5.91 Å². The smallest absolute Gasteiger partial charge is 0.255 e. The lowest BCUT2D eigenvalue weighted by Gasteiger charge is -2.24. The molecular weight excluding hydrogens is 290 g/mol. The number of nitrogens with one attached hydrogen (secondary N) is 2. The molecule has 1 amide bonds. The maximum Gasteiger partial charge on any atom is 0.255 e. The fourth-order valence-electron chi connectivity index (χ4n) is 2.42. The van der Waals surface area contributed by atoms with Crippen molar-refractivity contribution < 1.29 is 13.2 Å².